The first-order valence-electron chi connectivity index (χ1n) is 5.26. The summed E-state index contributed by atoms with van der Waals surface area (Å²) in [6.45, 7) is 0. The minimum absolute atomic E-state index is 0.196. The highest BCUT2D eigenvalue weighted by atomic mass is 35.5. The maximum Gasteiger partial charge on any atom is 0.573 e. The summed E-state index contributed by atoms with van der Waals surface area (Å²) in [4.78, 5) is 12.2. The Labute approximate surface area is 120 Å². The van der Waals surface area contributed by atoms with Crippen LogP contribution in [0.1, 0.15) is 9.67 Å². The van der Waals surface area contributed by atoms with Gasteiger partial charge in [0, 0.05) is 11.8 Å². The Hall–Kier alpha value is -1.73. The minimum atomic E-state index is -4.77. The number of amides is 1. The molecule has 0 radical (unpaired) electrons. The Morgan fingerprint density at radius 2 is 2.00 bits per heavy atom. The number of rotatable bonds is 3. The number of alkyl halides is 3. The van der Waals surface area contributed by atoms with Gasteiger partial charge in [-0.05, 0) is 24.3 Å². The van der Waals surface area contributed by atoms with Crippen LogP contribution < -0.4 is 10.1 Å². The van der Waals surface area contributed by atoms with Crippen LogP contribution in [-0.2, 0) is 0 Å². The number of anilines is 1. The smallest absolute Gasteiger partial charge is 0.406 e. The van der Waals surface area contributed by atoms with E-state index in [0.29, 0.717) is 9.21 Å². The fourth-order valence-corrected chi connectivity index (χ4v) is 2.34. The summed E-state index contributed by atoms with van der Waals surface area (Å²) in [7, 11) is 0. The van der Waals surface area contributed by atoms with Gasteiger partial charge >= 0.3 is 6.36 Å². The zero-order valence-corrected chi connectivity index (χ0v) is 11.3. The topological polar surface area (TPSA) is 38.3 Å². The van der Waals surface area contributed by atoms with Crippen molar-refractivity contribution in [3.8, 4) is 5.75 Å². The van der Waals surface area contributed by atoms with Gasteiger partial charge in [-0.15, -0.1) is 24.5 Å². The lowest BCUT2D eigenvalue weighted by molar-refractivity contribution is -0.274. The monoisotopic (exact) mass is 321 g/mol. The average molecular weight is 322 g/mol. The van der Waals surface area contributed by atoms with Crippen molar-refractivity contribution in [3.63, 3.8) is 0 Å². The lowest BCUT2D eigenvalue weighted by Gasteiger charge is -2.10. The molecule has 2 aromatic rings. The number of nitrogens with one attached hydrogen (secondary N) is 1. The van der Waals surface area contributed by atoms with Crippen molar-refractivity contribution in [1.82, 2.24) is 0 Å². The lowest BCUT2D eigenvalue weighted by Crippen LogP contribution is -2.17. The highest BCUT2D eigenvalue weighted by Crippen LogP contribution is 2.26. The Morgan fingerprint density at radius 1 is 1.25 bits per heavy atom. The van der Waals surface area contributed by atoms with E-state index in [-0.39, 0.29) is 5.69 Å². The molecule has 2 rings (SSSR count). The van der Waals surface area contributed by atoms with Crippen LogP contribution in [0.5, 0.6) is 5.75 Å². The molecule has 1 aromatic heterocycles. The molecule has 1 N–H and O–H groups in total. The molecular formula is C12H7ClF3NO2S. The predicted octanol–water partition coefficient (Wildman–Crippen LogP) is 4.55. The van der Waals surface area contributed by atoms with Crippen molar-refractivity contribution >= 4 is 34.5 Å². The van der Waals surface area contributed by atoms with Gasteiger partial charge in [-0.3, -0.25) is 4.79 Å². The molecule has 0 fully saturated rings. The van der Waals surface area contributed by atoms with Gasteiger partial charge in [0.1, 0.15) is 5.75 Å². The molecule has 0 unspecified atom stereocenters. The van der Waals surface area contributed by atoms with Gasteiger partial charge < -0.3 is 10.1 Å². The molecular weight excluding hydrogens is 315 g/mol. The van der Waals surface area contributed by atoms with Crippen LogP contribution in [0.2, 0.25) is 4.34 Å². The zero-order chi connectivity index (χ0) is 14.8. The molecule has 1 amide bonds. The normalized spacial score (nSPS) is 11.2. The van der Waals surface area contributed by atoms with Gasteiger partial charge in [0.25, 0.3) is 5.91 Å². The fourth-order valence-electron chi connectivity index (χ4n) is 1.40. The Morgan fingerprint density at radius 3 is 2.60 bits per heavy atom. The molecule has 0 saturated carbocycles. The molecule has 106 valence electrons. The number of ether oxygens (including phenoxy) is 1. The molecule has 0 bridgehead atoms. The summed E-state index contributed by atoms with van der Waals surface area (Å²) in [5.74, 6) is -0.856. The van der Waals surface area contributed by atoms with E-state index in [9.17, 15) is 18.0 Å². The largest absolute Gasteiger partial charge is 0.573 e. The van der Waals surface area contributed by atoms with Crippen molar-refractivity contribution in [2.24, 2.45) is 0 Å². The SMILES string of the molecule is O=C(Nc1cccc(OC(F)(F)F)c1)c1ccc(Cl)s1. The Balaban J connectivity index is 2.10. The molecule has 8 heteroatoms. The number of thiophene rings is 1. The highest BCUT2D eigenvalue weighted by molar-refractivity contribution is 7.18. The van der Waals surface area contributed by atoms with Crippen molar-refractivity contribution in [2.75, 3.05) is 5.32 Å². The van der Waals surface area contributed by atoms with Gasteiger partial charge in [-0.25, -0.2) is 0 Å². The van der Waals surface area contributed by atoms with Gasteiger partial charge in [-0.2, -0.15) is 0 Å². The molecule has 0 aliphatic rings. The molecule has 0 atom stereocenters. The molecule has 20 heavy (non-hydrogen) atoms. The van der Waals surface area contributed by atoms with Crippen LogP contribution in [-0.4, -0.2) is 12.3 Å². The number of carbonyl (C=O) groups is 1. The summed E-state index contributed by atoms with van der Waals surface area (Å²) in [5.41, 5.74) is 0.196. The van der Waals surface area contributed by atoms with Gasteiger partial charge in [0.2, 0.25) is 0 Å². The van der Waals surface area contributed by atoms with E-state index in [1.807, 2.05) is 0 Å². The number of hydrogen-bond acceptors (Lipinski definition) is 3. The molecule has 0 aliphatic carbocycles. The maximum absolute atomic E-state index is 12.1. The first-order chi connectivity index (χ1) is 9.33. The fraction of sp³-hybridized carbons (Fsp3) is 0.0833. The molecule has 3 nitrogen and oxygen atoms in total. The Bertz CT molecular complexity index is 627. The standard InChI is InChI=1S/C12H7ClF3NO2S/c13-10-5-4-9(20-10)11(18)17-7-2-1-3-8(6-7)19-12(14,15)16/h1-6H,(H,17,18). The van der Waals surface area contributed by atoms with Gasteiger partial charge in [-0.1, -0.05) is 17.7 Å². The zero-order valence-electron chi connectivity index (χ0n) is 9.70. The van der Waals surface area contributed by atoms with E-state index in [2.05, 4.69) is 10.1 Å². The van der Waals surface area contributed by atoms with E-state index < -0.39 is 18.0 Å². The summed E-state index contributed by atoms with van der Waals surface area (Å²) in [6.07, 6.45) is -4.77. The second kappa shape index (κ2) is 5.72. The van der Waals surface area contributed by atoms with Crippen LogP contribution in [0, 0.1) is 0 Å². The van der Waals surface area contributed by atoms with E-state index in [1.54, 1.807) is 6.07 Å². The quantitative estimate of drug-likeness (QED) is 0.900. The van der Waals surface area contributed by atoms with E-state index in [0.717, 1.165) is 23.5 Å². The van der Waals surface area contributed by atoms with E-state index in [4.69, 9.17) is 11.6 Å². The number of halogens is 4. The third-order valence-electron chi connectivity index (χ3n) is 2.12. The third kappa shape index (κ3) is 4.14. The van der Waals surface area contributed by atoms with Gasteiger partial charge in [0.05, 0.1) is 9.21 Å². The first kappa shape index (κ1) is 14.7. The summed E-state index contributed by atoms with van der Waals surface area (Å²) in [5, 5.41) is 2.46. The van der Waals surface area contributed by atoms with Crippen LogP contribution in [0.4, 0.5) is 18.9 Å². The van der Waals surface area contributed by atoms with Gasteiger partial charge in [0.15, 0.2) is 0 Å². The van der Waals surface area contributed by atoms with E-state index >= 15 is 0 Å². The summed E-state index contributed by atoms with van der Waals surface area (Å²) < 4.78 is 40.5. The van der Waals surface area contributed by atoms with Crippen LogP contribution >= 0.6 is 22.9 Å². The first-order valence-corrected chi connectivity index (χ1v) is 6.45. The van der Waals surface area contributed by atoms with Crippen LogP contribution in [0.15, 0.2) is 36.4 Å². The Kier molecular flexibility index (Phi) is 4.20. The van der Waals surface area contributed by atoms with Crippen molar-refractivity contribution in [2.45, 2.75) is 6.36 Å². The second-order valence-corrected chi connectivity index (χ2v) is 5.35. The third-order valence-corrected chi connectivity index (χ3v) is 3.35. The molecule has 0 saturated heterocycles. The lowest BCUT2D eigenvalue weighted by atomic mass is 10.3. The number of benzene rings is 1. The predicted molar refractivity (Wildman–Crippen MR) is 70.4 cm³/mol. The molecule has 1 aromatic carbocycles. The summed E-state index contributed by atoms with van der Waals surface area (Å²) >= 11 is 6.77. The number of carbonyl (C=O) groups excluding carboxylic acids is 1. The van der Waals surface area contributed by atoms with Crippen molar-refractivity contribution < 1.29 is 22.7 Å². The molecule has 0 spiro atoms. The second-order valence-electron chi connectivity index (χ2n) is 3.63. The van der Waals surface area contributed by atoms with Crippen molar-refractivity contribution in [3.05, 3.63) is 45.6 Å². The van der Waals surface area contributed by atoms with E-state index in [1.165, 1.54) is 18.2 Å². The maximum atomic E-state index is 12.1. The minimum Gasteiger partial charge on any atom is -0.406 e. The molecule has 0 aliphatic heterocycles. The van der Waals surface area contributed by atoms with Crippen LogP contribution in [0.25, 0.3) is 0 Å². The number of hydrogen-bond donors (Lipinski definition) is 1. The summed E-state index contributed by atoms with van der Waals surface area (Å²) in [6, 6.07) is 8.11. The average Bonchev–Trinajstić information content (AvgIpc) is 2.74. The van der Waals surface area contributed by atoms with Crippen molar-refractivity contribution in [1.29, 1.82) is 0 Å². The molecule has 1 heterocycles. The highest BCUT2D eigenvalue weighted by Gasteiger charge is 2.31. The van der Waals surface area contributed by atoms with Crippen LogP contribution in [0.3, 0.4) is 0 Å².